The second-order valence-electron chi connectivity index (χ2n) is 6.79. The van der Waals surface area contributed by atoms with Gasteiger partial charge in [0.25, 0.3) is 5.91 Å². The molecule has 2 heterocycles. The van der Waals surface area contributed by atoms with Gasteiger partial charge in [-0.15, -0.1) is 11.3 Å². The van der Waals surface area contributed by atoms with Crippen molar-refractivity contribution in [3.8, 4) is 5.75 Å². The summed E-state index contributed by atoms with van der Waals surface area (Å²) in [7, 11) is 0. The molecule has 1 aliphatic heterocycles. The highest BCUT2D eigenvalue weighted by atomic mass is 32.1. The van der Waals surface area contributed by atoms with Crippen molar-refractivity contribution in [3.05, 3.63) is 88.1 Å². The predicted molar refractivity (Wildman–Crippen MR) is 117 cm³/mol. The highest BCUT2D eigenvalue weighted by Crippen LogP contribution is 2.27. The van der Waals surface area contributed by atoms with Gasteiger partial charge in [0.1, 0.15) is 12.4 Å². The monoisotopic (exact) mass is 405 g/mol. The zero-order valence-electron chi connectivity index (χ0n) is 16.1. The fraction of sp³-hybridized carbons (Fsp3) is 0.208. The smallest absolute Gasteiger partial charge is 0.255 e. The van der Waals surface area contributed by atoms with Gasteiger partial charge >= 0.3 is 0 Å². The van der Waals surface area contributed by atoms with Gasteiger partial charge in [-0.2, -0.15) is 0 Å². The number of morpholine rings is 1. The topological polar surface area (TPSA) is 38.8 Å². The van der Waals surface area contributed by atoms with E-state index in [1.54, 1.807) is 11.3 Å². The fourth-order valence-electron chi connectivity index (χ4n) is 3.21. The normalized spacial score (nSPS) is 14.6. The van der Waals surface area contributed by atoms with Gasteiger partial charge < -0.3 is 14.4 Å². The number of rotatable bonds is 6. The maximum Gasteiger partial charge on any atom is 0.255 e. The first-order chi connectivity index (χ1) is 14.3. The molecule has 1 fully saturated rings. The van der Waals surface area contributed by atoms with Crippen LogP contribution in [0.4, 0.5) is 0 Å². The van der Waals surface area contributed by atoms with E-state index in [1.807, 2.05) is 83.1 Å². The number of hydrogen-bond acceptors (Lipinski definition) is 4. The van der Waals surface area contributed by atoms with E-state index in [9.17, 15) is 4.79 Å². The third-order valence-electron chi connectivity index (χ3n) is 4.73. The Morgan fingerprint density at radius 1 is 1.03 bits per heavy atom. The van der Waals surface area contributed by atoms with Crippen molar-refractivity contribution in [2.24, 2.45) is 0 Å². The second-order valence-corrected chi connectivity index (χ2v) is 7.73. The number of hydrogen-bond donors (Lipinski definition) is 0. The maximum atomic E-state index is 13.2. The van der Waals surface area contributed by atoms with E-state index in [2.05, 4.69) is 0 Å². The first kappa shape index (κ1) is 19.4. The minimum absolute atomic E-state index is 0.0476. The quantitative estimate of drug-likeness (QED) is 0.557. The van der Waals surface area contributed by atoms with Gasteiger partial charge in [-0.1, -0.05) is 48.5 Å². The molecule has 1 aliphatic rings. The van der Waals surface area contributed by atoms with Crippen LogP contribution in [-0.2, 0) is 16.1 Å². The van der Waals surface area contributed by atoms with Gasteiger partial charge in [0, 0.05) is 18.0 Å². The summed E-state index contributed by atoms with van der Waals surface area (Å²) in [5.74, 6) is 0.832. The largest absolute Gasteiger partial charge is 0.489 e. The molecular weight excluding hydrogens is 382 g/mol. The van der Waals surface area contributed by atoms with Crippen molar-refractivity contribution < 1.29 is 14.3 Å². The van der Waals surface area contributed by atoms with Crippen molar-refractivity contribution in [2.45, 2.75) is 6.61 Å². The van der Waals surface area contributed by atoms with E-state index < -0.39 is 0 Å². The molecule has 148 valence electrons. The molecule has 0 N–H and O–H groups in total. The number of nitrogens with zero attached hydrogens (tertiary/aromatic N) is 1. The van der Waals surface area contributed by atoms with Crippen LogP contribution in [0, 0.1) is 0 Å². The van der Waals surface area contributed by atoms with Crippen molar-refractivity contribution in [1.29, 1.82) is 0 Å². The summed E-state index contributed by atoms with van der Waals surface area (Å²) in [6.07, 6.45) is 1.96. The van der Waals surface area contributed by atoms with Gasteiger partial charge in [0.15, 0.2) is 0 Å². The average molecular weight is 406 g/mol. The lowest BCUT2D eigenvalue weighted by molar-refractivity contribution is -0.128. The van der Waals surface area contributed by atoms with E-state index in [1.165, 1.54) is 0 Å². The summed E-state index contributed by atoms with van der Waals surface area (Å²) in [5.41, 5.74) is 2.78. The summed E-state index contributed by atoms with van der Waals surface area (Å²) in [6.45, 7) is 2.95. The second kappa shape index (κ2) is 9.54. The van der Waals surface area contributed by atoms with Crippen molar-refractivity contribution in [2.75, 3.05) is 26.3 Å². The molecule has 4 rings (SSSR count). The molecule has 3 aromatic rings. The lowest BCUT2D eigenvalue weighted by Gasteiger charge is -2.27. The van der Waals surface area contributed by atoms with Crippen molar-refractivity contribution in [1.82, 2.24) is 4.90 Å². The lowest BCUT2D eigenvalue weighted by Crippen LogP contribution is -2.41. The number of thiophene rings is 1. The van der Waals surface area contributed by atoms with Crippen LogP contribution < -0.4 is 4.74 Å². The molecular formula is C24H23NO3S. The maximum absolute atomic E-state index is 13.2. The van der Waals surface area contributed by atoms with Crippen LogP contribution in [0.15, 0.2) is 72.1 Å². The highest BCUT2D eigenvalue weighted by Gasteiger charge is 2.22. The first-order valence-electron chi connectivity index (χ1n) is 9.69. The van der Waals surface area contributed by atoms with Crippen LogP contribution >= 0.6 is 11.3 Å². The molecule has 1 saturated heterocycles. The molecule has 0 spiro atoms. The predicted octanol–water partition coefficient (Wildman–Crippen LogP) is 4.73. The Labute approximate surface area is 175 Å². The molecule has 29 heavy (non-hydrogen) atoms. The average Bonchev–Trinajstić information content (AvgIpc) is 3.32. The molecule has 0 unspecified atom stereocenters. The Morgan fingerprint density at radius 2 is 1.86 bits per heavy atom. The molecule has 2 aromatic carbocycles. The van der Waals surface area contributed by atoms with E-state index in [-0.39, 0.29) is 5.91 Å². The molecule has 4 nitrogen and oxygen atoms in total. The molecule has 0 aliphatic carbocycles. The van der Waals surface area contributed by atoms with Crippen LogP contribution in [0.1, 0.15) is 16.0 Å². The van der Waals surface area contributed by atoms with E-state index in [0.717, 1.165) is 21.8 Å². The number of benzene rings is 2. The van der Waals surface area contributed by atoms with Crippen LogP contribution in [0.2, 0.25) is 0 Å². The third kappa shape index (κ3) is 5.13. The Kier molecular flexibility index (Phi) is 6.39. The first-order valence-corrected chi connectivity index (χ1v) is 10.6. The van der Waals surface area contributed by atoms with Crippen LogP contribution in [0.5, 0.6) is 5.75 Å². The molecule has 0 atom stereocenters. The summed E-state index contributed by atoms with van der Waals surface area (Å²) >= 11 is 1.58. The fourth-order valence-corrected chi connectivity index (χ4v) is 3.94. The zero-order valence-corrected chi connectivity index (χ0v) is 16.9. The Morgan fingerprint density at radius 3 is 2.62 bits per heavy atom. The standard InChI is InChI=1S/C24H23NO3S/c26-24(25-11-13-27-14-12-25)22(23-10-5-15-29-23)17-20-8-4-9-21(16-20)28-18-19-6-2-1-3-7-19/h1-10,15-17H,11-14,18H2. The molecule has 5 heteroatoms. The van der Waals surface area contributed by atoms with Crippen molar-refractivity contribution in [3.63, 3.8) is 0 Å². The number of carbonyl (C=O) groups excluding carboxylic acids is 1. The summed E-state index contributed by atoms with van der Waals surface area (Å²) in [6, 6.07) is 21.9. The van der Waals surface area contributed by atoms with Crippen LogP contribution in [0.25, 0.3) is 11.6 Å². The SMILES string of the molecule is O=C(C(=Cc1cccc(OCc2ccccc2)c1)c1cccs1)N1CCOCC1. The number of amides is 1. The van der Waals surface area contributed by atoms with Gasteiger partial charge in [-0.25, -0.2) is 0 Å². The summed E-state index contributed by atoms with van der Waals surface area (Å²) in [4.78, 5) is 16.0. The number of carbonyl (C=O) groups is 1. The molecule has 1 aromatic heterocycles. The Bertz CT molecular complexity index is 961. The zero-order chi connectivity index (χ0) is 19.9. The number of ether oxygens (including phenoxy) is 2. The van der Waals surface area contributed by atoms with E-state index in [0.29, 0.717) is 38.5 Å². The molecule has 0 saturated carbocycles. The molecule has 0 radical (unpaired) electrons. The van der Waals surface area contributed by atoms with E-state index in [4.69, 9.17) is 9.47 Å². The minimum Gasteiger partial charge on any atom is -0.489 e. The van der Waals surface area contributed by atoms with Crippen LogP contribution in [0.3, 0.4) is 0 Å². The molecule has 0 bridgehead atoms. The lowest BCUT2D eigenvalue weighted by atomic mass is 10.1. The van der Waals surface area contributed by atoms with Crippen LogP contribution in [-0.4, -0.2) is 37.1 Å². The van der Waals surface area contributed by atoms with Crippen molar-refractivity contribution >= 4 is 28.9 Å². The Hall–Kier alpha value is -2.89. The van der Waals surface area contributed by atoms with Gasteiger partial charge in [-0.05, 0) is 40.8 Å². The summed E-state index contributed by atoms with van der Waals surface area (Å²) in [5, 5.41) is 2.00. The van der Waals surface area contributed by atoms with Gasteiger partial charge in [0.2, 0.25) is 0 Å². The highest BCUT2D eigenvalue weighted by molar-refractivity contribution is 7.11. The molecule has 1 amide bonds. The minimum atomic E-state index is 0.0476. The van der Waals surface area contributed by atoms with Gasteiger partial charge in [0.05, 0.1) is 18.8 Å². The van der Waals surface area contributed by atoms with Gasteiger partial charge in [-0.3, -0.25) is 4.79 Å². The Balaban J connectivity index is 1.56. The van der Waals surface area contributed by atoms with E-state index >= 15 is 0 Å². The summed E-state index contributed by atoms with van der Waals surface area (Å²) < 4.78 is 11.3. The third-order valence-corrected chi connectivity index (χ3v) is 5.64.